The fourth-order valence-corrected chi connectivity index (χ4v) is 6.24. The number of hydrogen-bond donors (Lipinski definition) is 3. The molecule has 2 aromatic carbocycles. The highest BCUT2D eigenvalue weighted by Gasteiger charge is 2.30. The van der Waals surface area contributed by atoms with Crippen LogP contribution in [-0.4, -0.2) is 53.4 Å². The number of carbonyl (C=O) groups is 2. The first kappa shape index (κ1) is 29.5. The van der Waals surface area contributed by atoms with Crippen molar-refractivity contribution in [3.8, 4) is 5.75 Å². The maximum absolute atomic E-state index is 13.2. The van der Waals surface area contributed by atoms with Crippen molar-refractivity contribution in [1.29, 1.82) is 0 Å². The van der Waals surface area contributed by atoms with Crippen LogP contribution in [0.3, 0.4) is 0 Å². The van der Waals surface area contributed by atoms with Gasteiger partial charge in [0.15, 0.2) is 0 Å². The maximum Gasteiger partial charge on any atom is 0.407 e. The second kappa shape index (κ2) is 12.1. The van der Waals surface area contributed by atoms with Gasteiger partial charge in [-0.1, -0.05) is 12.1 Å². The molecule has 0 atom stereocenters. The highest BCUT2D eigenvalue weighted by Crippen LogP contribution is 2.36. The number of fused-ring (bicyclic) bond motifs is 1. The van der Waals surface area contributed by atoms with E-state index < -0.39 is 5.60 Å². The predicted molar refractivity (Wildman–Crippen MR) is 165 cm³/mol. The number of aryl methyl sites for hydroxylation is 1. The van der Waals surface area contributed by atoms with Crippen LogP contribution in [-0.2, 0) is 9.53 Å². The largest absolute Gasteiger partial charge is 0.496 e. The summed E-state index contributed by atoms with van der Waals surface area (Å²) in [6.07, 6.45) is 4.16. The van der Waals surface area contributed by atoms with Crippen molar-refractivity contribution in [2.45, 2.75) is 83.9 Å². The minimum absolute atomic E-state index is 0.0116. The molecule has 1 aliphatic carbocycles. The van der Waals surface area contributed by atoms with Crippen molar-refractivity contribution >= 4 is 34.4 Å². The van der Waals surface area contributed by atoms with Crippen LogP contribution in [0.15, 0.2) is 41.2 Å². The average Bonchev–Trinajstić information content (AvgIpc) is 3.29. The van der Waals surface area contributed by atoms with E-state index in [-0.39, 0.29) is 35.7 Å². The molecule has 3 aromatic rings. The number of methoxy groups -OCH3 is 1. The van der Waals surface area contributed by atoms with Crippen molar-refractivity contribution in [1.82, 2.24) is 14.9 Å². The molecule has 3 N–H and O–H groups in total. The van der Waals surface area contributed by atoms with Crippen LogP contribution in [0, 0.1) is 12.8 Å². The number of aromatic amines is 1. The number of alkyl carbamates (subject to hydrolysis) is 1. The van der Waals surface area contributed by atoms with Crippen molar-refractivity contribution < 1.29 is 19.1 Å². The third-order valence-corrected chi connectivity index (χ3v) is 8.40. The summed E-state index contributed by atoms with van der Waals surface area (Å²) < 4.78 is 12.7. The zero-order valence-corrected chi connectivity index (χ0v) is 25.3. The number of H-pyrrole nitrogens is 1. The van der Waals surface area contributed by atoms with E-state index in [0.717, 1.165) is 85.3 Å². The molecule has 226 valence electrons. The Kier molecular flexibility index (Phi) is 8.52. The summed E-state index contributed by atoms with van der Waals surface area (Å²) in [6.45, 7) is 9.07. The van der Waals surface area contributed by atoms with Gasteiger partial charge in [-0.25, -0.2) is 9.59 Å². The van der Waals surface area contributed by atoms with Gasteiger partial charge in [-0.3, -0.25) is 9.36 Å². The molecule has 2 heterocycles. The molecular weight excluding hydrogens is 534 g/mol. The fourth-order valence-electron chi connectivity index (χ4n) is 6.24. The molecule has 0 radical (unpaired) electrons. The van der Waals surface area contributed by atoms with Crippen molar-refractivity contribution in [2.75, 3.05) is 30.4 Å². The first-order valence-corrected chi connectivity index (χ1v) is 15.0. The number of imidazole rings is 1. The van der Waals surface area contributed by atoms with Gasteiger partial charge < -0.3 is 30.0 Å². The van der Waals surface area contributed by atoms with E-state index in [4.69, 9.17) is 9.47 Å². The number of hydrogen-bond acceptors (Lipinski definition) is 6. The van der Waals surface area contributed by atoms with E-state index in [1.165, 1.54) is 0 Å². The van der Waals surface area contributed by atoms with Gasteiger partial charge in [0.1, 0.15) is 11.4 Å². The first-order chi connectivity index (χ1) is 20.0. The Balaban J connectivity index is 1.22. The van der Waals surface area contributed by atoms with Gasteiger partial charge in [-0.2, -0.15) is 0 Å². The number of piperidine rings is 1. The van der Waals surface area contributed by atoms with Gasteiger partial charge in [-0.15, -0.1) is 0 Å². The summed E-state index contributed by atoms with van der Waals surface area (Å²) >= 11 is 0. The second-order valence-electron chi connectivity index (χ2n) is 12.6. The van der Waals surface area contributed by atoms with Crippen molar-refractivity contribution in [2.24, 2.45) is 5.92 Å². The average molecular weight is 578 g/mol. The first-order valence-electron chi connectivity index (χ1n) is 15.0. The molecule has 10 nitrogen and oxygen atoms in total. The topological polar surface area (TPSA) is 118 Å². The Bertz CT molecular complexity index is 1490. The number of anilines is 2. The van der Waals surface area contributed by atoms with Gasteiger partial charge in [0.2, 0.25) is 5.91 Å². The lowest BCUT2D eigenvalue weighted by Crippen LogP contribution is -2.46. The molecule has 1 saturated carbocycles. The number of nitrogens with one attached hydrogen (secondary N) is 3. The van der Waals surface area contributed by atoms with Gasteiger partial charge >= 0.3 is 11.8 Å². The van der Waals surface area contributed by atoms with Gasteiger partial charge in [0.05, 0.1) is 23.8 Å². The van der Waals surface area contributed by atoms with E-state index in [2.05, 4.69) is 20.5 Å². The number of aromatic nitrogens is 2. The predicted octanol–water partition coefficient (Wildman–Crippen LogP) is 5.51. The monoisotopic (exact) mass is 577 g/mol. The smallest absolute Gasteiger partial charge is 0.407 e. The summed E-state index contributed by atoms with van der Waals surface area (Å²) in [5.74, 6) is 0.662. The summed E-state index contributed by atoms with van der Waals surface area (Å²) in [4.78, 5) is 43.9. The number of carbonyl (C=O) groups excluding carboxylic acids is 2. The quantitative estimate of drug-likeness (QED) is 0.356. The summed E-state index contributed by atoms with van der Waals surface area (Å²) in [5, 5.41) is 6.03. The van der Waals surface area contributed by atoms with E-state index in [1.807, 2.05) is 68.7 Å². The molecule has 42 heavy (non-hydrogen) atoms. The molecule has 10 heteroatoms. The van der Waals surface area contributed by atoms with E-state index in [0.29, 0.717) is 0 Å². The number of rotatable bonds is 6. The zero-order valence-electron chi connectivity index (χ0n) is 25.3. The Morgan fingerprint density at radius 3 is 2.38 bits per heavy atom. The van der Waals surface area contributed by atoms with E-state index >= 15 is 0 Å². The fraction of sp³-hybridized carbons (Fsp3) is 0.531. The molecule has 0 spiro atoms. The van der Waals surface area contributed by atoms with Crippen LogP contribution in [0.1, 0.15) is 70.9 Å². The SMILES string of the molecule is COc1cc(NC(=O)C2CCC(n3c(=O)[nH]c4c(N5CCC(NC(=O)OC(C)(C)C)CC5)cccc43)CC2)ccc1C. The minimum Gasteiger partial charge on any atom is -0.496 e. The molecule has 2 fully saturated rings. The number of ether oxygens (including phenoxy) is 2. The van der Waals surface area contributed by atoms with Crippen LogP contribution in [0.2, 0.25) is 0 Å². The molecule has 0 bridgehead atoms. The Hall–Kier alpha value is -3.95. The van der Waals surface area contributed by atoms with Crippen LogP contribution in [0.5, 0.6) is 5.75 Å². The molecule has 0 unspecified atom stereocenters. The Morgan fingerprint density at radius 2 is 1.71 bits per heavy atom. The lowest BCUT2D eigenvalue weighted by atomic mass is 9.85. The normalized spacial score (nSPS) is 19.9. The van der Waals surface area contributed by atoms with Crippen LogP contribution < -0.4 is 26.0 Å². The maximum atomic E-state index is 13.2. The number of nitrogens with zero attached hydrogens (tertiary/aromatic N) is 2. The molecular formula is C32H43N5O5. The van der Waals surface area contributed by atoms with Gasteiger partial charge in [-0.05, 0) is 90.0 Å². The lowest BCUT2D eigenvalue weighted by molar-refractivity contribution is -0.121. The third-order valence-electron chi connectivity index (χ3n) is 8.40. The highest BCUT2D eigenvalue weighted by atomic mass is 16.6. The summed E-state index contributed by atoms with van der Waals surface area (Å²) in [5.41, 5.74) is 3.85. The van der Waals surface area contributed by atoms with Crippen LogP contribution >= 0.6 is 0 Å². The van der Waals surface area contributed by atoms with Crippen LogP contribution in [0.4, 0.5) is 16.2 Å². The molecule has 1 saturated heterocycles. The van der Waals surface area contributed by atoms with E-state index in [1.54, 1.807) is 7.11 Å². The number of benzene rings is 2. The van der Waals surface area contributed by atoms with Gasteiger partial charge in [0, 0.05) is 42.8 Å². The second-order valence-corrected chi connectivity index (χ2v) is 12.6. The van der Waals surface area contributed by atoms with Crippen LogP contribution in [0.25, 0.3) is 11.0 Å². The molecule has 1 aromatic heterocycles. The number of para-hydroxylation sites is 1. The van der Waals surface area contributed by atoms with Crippen molar-refractivity contribution in [3.63, 3.8) is 0 Å². The zero-order chi connectivity index (χ0) is 30.0. The Morgan fingerprint density at radius 1 is 1.00 bits per heavy atom. The standard InChI is InChI=1S/C32H43N5O5/c1-20-9-12-23(19-27(20)41-5)33-29(38)21-10-13-24(14-11-21)37-26-8-6-7-25(28(26)35-30(37)39)36-17-15-22(16-18-36)34-31(40)42-32(2,3)4/h6-9,12,19,21-22,24H,10-11,13-18H2,1-5H3,(H,33,38)(H,34,40)(H,35,39). The number of amides is 2. The lowest BCUT2D eigenvalue weighted by Gasteiger charge is -2.34. The summed E-state index contributed by atoms with van der Waals surface area (Å²) in [7, 11) is 1.62. The van der Waals surface area contributed by atoms with Crippen molar-refractivity contribution in [3.05, 3.63) is 52.4 Å². The minimum atomic E-state index is -0.527. The molecule has 1 aliphatic heterocycles. The third kappa shape index (κ3) is 6.58. The van der Waals surface area contributed by atoms with E-state index in [9.17, 15) is 14.4 Å². The molecule has 2 aliphatic rings. The molecule has 5 rings (SSSR count). The molecule has 2 amide bonds. The highest BCUT2D eigenvalue weighted by molar-refractivity contribution is 5.93. The van der Waals surface area contributed by atoms with Gasteiger partial charge in [0.25, 0.3) is 0 Å². The summed E-state index contributed by atoms with van der Waals surface area (Å²) in [6, 6.07) is 11.8. The Labute approximate surface area is 246 Å².